The summed E-state index contributed by atoms with van der Waals surface area (Å²) in [5, 5.41) is 12.5. The Morgan fingerprint density at radius 3 is 2.09 bits per heavy atom. The summed E-state index contributed by atoms with van der Waals surface area (Å²) >= 11 is 0. The van der Waals surface area contributed by atoms with Crippen LogP contribution in [0.2, 0.25) is 0 Å². The van der Waals surface area contributed by atoms with Crippen molar-refractivity contribution in [2.75, 3.05) is 37.6 Å². The lowest BCUT2D eigenvalue weighted by Gasteiger charge is -2.44. The molecule has 0 saturated carbocycles. The van der Waals surface area contributed by atoms with Gasteiger partial charge in [0.1, 0.15) is 11.8 Å². The maximum Gasteiger partial charge on any atom is 0.262 e. The predicted octanol–water partition coefficient (Wildman–Crippen LogP) is 5.35. The van der Waals surface area contributed by atoms with Gasteiger partial charge in [0.05, 0.1) is 11.1 Å². The first-order valence-electron chi connectivity index (χ1n) is 20.8. The number of amides is 5. The second-order valence-corrected chi connectivity index (χ2v) is 17.2. The van der Waals surface area contributed by atoms with E-state index in [1.54, 1.807) is 12.1 Å². The molecular weight excluding hydrogens is 731 g/mol. The fraction of sp³-hybridized carbons (Fsp3) is 0.383. The third kappa shape index (κ3) is 6.45. The Morgan fingerprint density at radius 2 is 1.41 bits per heavy atom. The first-order chi connectivity index (χ1) is 28.2. The molecule has 5 heterocycles. The van der Waals surface area contributed by atoms with Gasteiger partial charge >= 0.3 is 0 Å². The minimum absolute atomic E-state index is 0.0338. The molecule has 58 heavy (non-hydrogen) atoms. The number of carbonyl (C=O) groups is 5. The van der Waals surface area contributed by atoms with Crippen LogP contribution in [0.3, 0.4) is 0 Å². The standard InChI is InChI=1S/C47H47N5O6/c53-36-11-13-38-32(20-36)8-12-37(29-4-2-1-3-5-29)43(38)30-6-9-35(10-7-30)50-18-16-31(17-19-50)45(56)51-24-28(25-51)23-49-26-33-21-39-40(22-34(33)27-49)47(58)52(46(39)57)41-14-15-42(54)48-44(41)55/h1-7,9-11,13,20-22,28,31,37,41,43,53H,8,12,14-19,23-27H2,(H,48,54,55). The van der Waals surface area contributed by atoms with E-state index in [4.69, 9.17) is 0 Å². The number of phenols is 1. The van der Waals surface area contributed by atoms with Crippen LogP contribution >= 0.6 is 0 Å². The summed E-state index contributed by atoms with van der Waals surface area (Å²) in [6.45, 7) is 5.35. The number of hydrogen-bond acceptors (Lipinski definition) is 8. The van der Waals surface area contributed by atoms with Gasteiger partial charge in [-0.2, -0.15) is 0 Å². The number of benzene rings is 4. The molecule has 6 aliphatic rings. The molecule has 0 spiro atoms. The Hall–Kier alpha value is -5.81. The number of aryl methyl sites for hydroxylation is 1. The number of nitrogens with one attached hydrogen (secondary N) is 1. The predicted molar refractivity (Wildman–Crippen MR) is 216 cm³/mol. The minimum atomic E-state index is -0.969. The van der Waals surface area contributed by atoms with Crippen LogP contribution in [0.5, 0.6) is 5.75 Å². The molecule has 2 N–H and O–H groups in total. The van der Waals surface area contributed by atoms with Gasteiger partial charge in [-0.15, -0.1) is 0 Å². The van der Waals surface area contributed by atoms with Crippen molar-refractivity contribution in [3.05, 3.63) is 129 Å². The molecule has 5 amide bonds. The van der Waals surface area contributed by atoms with Crippen molar-refractivity contribution < 1.29 is 29.1 Å². The molecule has 3 fully saturated rings. The lowest BCUT2D eigenvalue weighted by Crippen LogP contribution is -2.55. The molecule has 10 rings (SSSR count). The number of phenolic OH excluding ortho intramolecular Hbond substituents is 1. The largest absolute Gasteiger partial charge is 0.508 e. The summed E-state index contributed by atoms with van der Waals surface area (Å²) < 4.78 is 0. The first-order valence-corrected chi connectivity index (χ1v) is 20.8. The summed E-state index contributed by atoms with van der Waals surface area (Å²) in [6.07, 6.45) is 3.88. The first kappa shape index (κ1) is 36.5. The van der Waals surface area contributed by atoms with Crippen molar-refractivity contribution >= 4 is 35.2 Å². The average Bonchev–Trinajstić information content (AvgIpc) is 3.73. The van der Waals surface area contributed by atoms with Crippen molar-refractivity contribution in [3.8, 4) is 5.75 Å². The zero-order chi connectivity index (χ0) is 39.7. The van der Waals surface area contributed by atoms with Crippen LogP contribution in [0, 0.1) is 11.8 Å². The summed E-state index contributed by atoms with van der Waals surface area (Å²) in [4.78, 5) is 72.0. The van der Waals surface area contributed by atoms with E-state index in [1.165, 1.54) is 27.9 Å². The van der Waals surface area contributed by atoms with Gasteiger partial charge in [-0.25, -0.2) is 0 Å². The zero-order valence-corrected chi connectivity index (χ0v) is 32.4. The maximum absolute atomic E-state index is 13.6. The topological polar surface area (TPSA) is 131 Å². The lowest BCUT2D eigenvalue weighted by atomic mass is 9.69. The molecule has 4 aromatic rings. The number of rotatable bonds is 7. The number of likely N-dealkylation sites (tertiary alicyclic amines) is 1. The molecular formula is C47H47N5O6. The van der Waals surface area contributed by atoms with Crippen molar-refractivity contribution in [1.29, 1.82) is 0 Å². The van der Waals surface area contributed by atoms with Crippen LogP contribution in [0.4, 0.5) is 5.69 Å². The molecule has 3 atom stereocenters. The second kappa shape index (κ2) is 14.5. The number of aromatic hydroxyl groups is 1. The molecule has 11 nitrogen and oxygen atoms in total. The van der Waals surface area contributed by atoms with E-state index in [9.17, 15) is 29.1 Å². The number of piperidine rings is 2. The van der Waals surface area contributed by atoms with Crippen LogP contribution in [0.1, 0.15) is 98.0 Å². The van der Waals surface area contributed by atoms with Gasteiger partial charge in [-0.05, 0) is 108 Å². The van der Waals surface area contributed by atoms with E-state index in [0.717, 1.165) is 74.4 Å². The number of anilines is 1. The molecule has 0 radical (unpaired) electrons. The summed E-state index contributed by atoms with van der Waals surface area (Å²) in [6, 6.07) is 28.3. The normalized spacial score (nSPS) is 23.7. The highest BCUT2D eigenvalue weighted by Gasteiger charge is 2.46. The monoisotopic (exact) mass is 777 g/mol. The average molecular weight is 778 g/mol. The van der Waals surface area contributed by atoms with Gasteiger partial charge in [0, 0.05) is 75.7 Å². The Morgan fingerprint density at radius 1 is 0.724 bits per heavy atom. The van der Waals surface area contributed by atoms with Crippen molar-refractivity contribution in [3.63, 3.8) is 0 Å². The highest BCUT2D eigenvalue weighted by atomic mass is 16.3. The molecule has 11 heteroatoms. The Labute approximate surface area is 337 Å². The van der Waals surface area contributed by atoms with Gasteiger partial charge in [0.15, 0.2) is 0 Å². The SMILES string of the molecule is O=C1CCC(N2C(=O)c3cc4c(cc3C2=O)CN(CC2CN(C(=O)C3CCN(c5ccc(C6c7ccc(O)cc7CCC6c6ccccc6)cc5)CC3)C2)C4)C(=O)N1. The van der Waals surface area contributed by atoms with Gasteiger partial charge in [-0.3, -0.25) is 39.1 Å². The quantitative estimate of drug-likeness (QED) is 0.241. The minimum Gasteiger partial charge on any atom is -0.508 e. The summed E-state index contributed by atoms with van der Waals surface area (Å²) in [5.41, 5.74) is 9.01. The third-order valence-electron chi connectivity index (χ3n) is 13.6. The Kier molecular flexibility index (Phi) is 9.15. The Bertz CT molecular complexity index is 2290. The van der Waals surface area contributed by atoms with Crippen LogP contribution in [0.25, 0.3) is 0 Å². The number of fused-ring (bicyclic) bond motifs is 3. The maximum atomic E-state index is 13.6. The molecule has 3 saturated heterocycles. The lowest BCUT2D eigenvalue weighted by molar-refractivity contribution is -0.143. The van der Waals surface area contributed by atoms with Gasteiger partial charge in [0.2, 0.25) is 17.7 Å². The third-order valence-corrected chi connectivity index (χ3v) is 13.6. The van der Waals surface area contributed by atoms with Crippen LogP contribution in [-0.4, -0.2) is 88.1 Å². The number of carbonyl (C=O) groups excluding carboxylic acids is 5. The van der Waals surface area contributed by atoms with E-state index < -0.39 is 29.7 Å². The van der Waals surface area contributed by atoms with E-state index in [1.807, 2.05) is 17.0 Å². The second-order valence-electron chi connectivity index (χ2n) is 17.2. The molecule has 0 bridgehead atoms. The molecule has 4 aromatic carbocycles. The van der Waals surface area contributed by atoms with E-state index in [0.29, 0.717) is 41.8 Å². The van der Waals surface area contributed by atoms with Crippen LogP contribution in [-0.2, 0) is 33.9 Å². The summed E-state index contributed by atoms with van der Waals surface area (Å²) in [7, 11) is 0. The van der Waals surface area contributed by atoms with Crippen molar-refractivity contribution in [2.45, 2.75) is 69.5 Å². The fourth-order valence-electron chi connectivity index (χ4n) is 10.6. The highest BCUT2D eigenvalue weighted by Crippen LogP contribution is 2.47. The fourth-order valence-corrected chi connectivity index (χ4v) is 10.6. The van der Waals surface area contributed by atoms with Crippen LogP contribution in [0.15, 0.2) is 84.9 Å². The van der Waals surface area contributed by atoms with Gasteiger partial charge in [0.25, 0.3) is 11.8 Å². The van der Waals surface area contributed by atoms with E-state index in [-0.39, 0.29) is 30.6 Å². The van der Waals surface area contributed by atoms with Gasteiger partial charge in [-0.1, -0.05) is 48.5 Å². The number of hydrogen-bond donors (Lipinski definition) is 2. The Balaban J connectivity index is 0.717. The van der Waals surface area contributed by atoms with Crippen LogP contribution < -0.4 is 10.2 Å². The highest BCUT2D eigenvalue weighted by molar-refractivity contribution is 6.23. The summed E-state index contributed by atoms with van der Waals surface area (Å²) in [5.74, 6) is -0.385. The molecule has 0 aromatic heterocycles. The van der Waals surface area contributed by atoms with E-state index in [2.05, 4.69) is 75.8 Å². The zero-order valence-electron chi connectivity index (χ0n) is 32.4. The number of imide groups is 2. The molecule has 296 valence electrons. The van der Waals surface area contributed by atoms with Crippen molar-refractivity contribution in [2.24, 2.45) is 11.8 Å². The van der Waals surface area contributed by atoms with Crippen molar-refractivity contribution in [1.82, 2.24) is 20.0 Å². The van der Waals surface area contributed by atoms with Gasteiger partial charge < -0.3 is 14.9 Å². The number of nitrogens with zero attached hydrogens (tertiary/aromatic N) is 4. The smallest absolute Gasteiger partial charge is 0.262 e. The molecule has 3 unspecified atom stereocenters. The molecule has 5 aliphatic heterocycles. The van der Waals surface area contributed by atoms with E-state index >= 15 is 0 Å². The molecule has 1 aliphatic carbocycles.